The first kappa shape index (κ1) is 12.5. The number of urea groups is 1. The van der Waals surface area contributed by atoms with E-state index in [-0.39, 0.29) is 6.03 Å². The normalized spacial score (nSPS) is 12.0. The van der Waals surface area contributed by atoms with Crippen LogP contribution >= 0.6 is 0 Å². The molecule has 1 rings (SSSR count). The van der Waals surface area contributed by atoms with Crippen molar-refractivity contribution in [3.63, 3.8) is 0 Å². The van der Waals surface area contributed by atoms with Gasteiger partial charge in [0.1, 0.15) is 0 Å². The van der Waals surface area contributed by atoms with Crippen LogP contribution in [0.15, 0.2) is 24.3 Å². The number of benzene rings is 1. The van der Waals surface area contributed by atoms with Gasteiger partial charge in [-0.15, -0.1) is 0 Å². The van der Waals surface area contributed by atoms with E-state index in [0.29, 0.717) is 6.54 Å². The first-order valence-corrected chi connectivity index (χ1v) is 5.34. The molecular formula is C12H18N2O2. The molecule has 1 atom stereocenters. The van der Waals surface area contributed by atoms with Gasteiger partial charge >= 0.3 is 6.03 Å². The lowest BCUT2D eigenvalue weighted by Crippen LogP contribution is -2.30. The smallest absolute Gasteiger partial charge is 0.321 e. The SMILES string of the molecule is CCN(C)C(=O)Nc1ccc(C(C)O)cc1. The number of anilines is 1. The minimum Gasteiger partial charge on any atom is -0.389 e. The van der Waals surface area contributed by atoms with E-state index < -0.39 is 6.10 Å². The van der Waals surface area contributed by atoms with Crippen molar-refractivity contribution in [3.05, 3.63) is 29.8 Å². The summed E-state index contributed by atoms with van der Waals surface area (Å²) in [4.78, 5) is 13.1. The molecule has 88 valence electrons. The highest BCUT2D eigenvalue weighted by Gasteiger charge is 2.06. The van der Waals surface area contributed by atoms with Gasteiger partial charge in [0.25, 0.3) is 0 Å². The zero-order valence-corrected chi connectivity index (χ0v) is 9.90. The Morgan fingerprint density at radius 3 is 2.44 bits per heavy atom. The van der Waals surface area contributed by atoms with Crippen molar-refractivity contribution in [1.29, 1.82) is 0 Å². The van der Waals surface area contributed by atoms with Gasteiger partial charge in [0.15, 0.2) is 0 Å². The highest BCUT2D eigenvalue weighted by Crippen LogP contribution is 2.15. The van der Waals surface area contributed by atoms with E-state index in [2.05, 4.69) is 5.32 Å². The largest absolute Gasteiger partial charge is 0.389 e. The van der Waals surface area contributed by atoms with Crippen molar-refractivity contribution in [3.8, 4) is 0 Å². The second kappa shape index (κ2) is 5.51. The Bertz CT molecular complexity index is 347. The zero-order valence-electron chi connectivity index (χ0n) is 9.90. The molecule has 0 aliphatic heterocycles. The van der Waals surface area contributed by atoms with Crippen molar-refractivity contribution >= 4 is 11.7 Å². The monoisotopic (exact) mass is 222 g/mol. The van der Waals surface area contributed by atoms with Gasteiger partial charge in [0, 0.05) is 19.3 Å². The third-order valence-electron chi connectivity index (χ3n) is 2.47. The molecule has 0 fully saturated rings. The van der Waals surface area contributed by atoms with Gasteiger partial charge in [-0.25, -0.2) is 4.79 Å². The molecule has 16 heavy (non-hydrogen) atoms. The number of aliphatic hydroxyl groups excluding tert-OH is 1. The Morgan fingerprint density at radius 1 is 1.44 bits per heavy atom. The van der Waals surface area contributed by atoms with Crippen molar-refractivity contribution < 1.29 is 9.90 Å². The van der Waals surface area contributed by atoms with E-state index in [1.807, 2.05) is 6.92 Å². The van der Waals surface area contributed by atoms with E-state index in [1.54, 1.807) is 43.1 Å². The number of nitrogens with zero attached hydrogens (tertiary/aromatic N) is 1. The van der Waals surface area contributed by atoms with Gasteiger partial charge in [-0.3, -0.25) is 0 Å². The Hall–Kier alpha value is -1.55. The molecule has 1 unspecified atom stereocenters. The molecule has 0 aliphatic carbocycles. The highest BCUT2D eigenvalue weighted by atomic mass is 16.3. The van der Waals surface area contributed by atoms with Gasteiger partial charge in [0.2, 0.25) is 0 Å². The molecule has 0 bridgehead atoms. The third kappa shape index (κ3) is 3.24. The lowest BCUT2D eigenvalue weighted by atomic mass is 10.1. The average Bonchev–Trinajstić information content (AvgIpc) is 2.28. The summed E-state index contributed by atoms with van der Waals surface area (Å²) in [6, 6.07) is 7.03. The molecule has 2 N–H and O–H groups in total. The molecule has 0 radical (unpaired) electrons. The maximum absolute atomic E-state index is 11.5. The third-order valence-corrected chi connectivity index (χ3v) is 2.47. The predicted molar refractivity (Wildman–Crippen MR) is 64.4 cm³/mol. The molecular weight excluding hydrogens is 204 g/mol. The van der Waals surface area contributed by atoms with E-state index in [0.717, 1.165) is 11.3 Å². The quantitative estimate of drug-likeness (QED) is 0.824. The van der Waals surface area contributed by atoms with Crippen molar-refractivity contribution in [2.45, 2.75) is 20.0 Å². The summed E-state index contributed by atoms with van der Waals surface area (Å²) in [5.74, 6) is 0. The summed E-state index contributed by atoms with van der Waals surface area (Å²) in [5.41, 5.74) is 1.57. The van der Waals surface area contributed by atoms with Gasteiger partial charge in [-0.1, -0.05) is 12.1 Å². The van der Waals surface area contributed by atoms with Crippen LogP contribution in [0.1, 0.15) is 25.5 Å². The van der Waals surface area contributed by atoms with Crippen LogP contribution in [-0.4, -0.2) is 29.6 Å². The Labute approximate surface area is 95.9 Å². The molecule has 0 saturated carbocycles. The number of hydrogen-bond donors (Lipinski definition) is 2. The number of amides is 2. The van der Waals surface area contributed by atoms with E-state index in [9.17, 15) is 9.90 Å². The fourth-order valence-corrected chi connectivity index (χ4v) is 1.21. The first-order chi connectivity index (χ1) is 7.54. The Balaban J connectivity index is 2.65. The maximum Gasteiger partial charge on any atom is 0.321 e. The first-order valence-electron chi connectivity index (χ1n) is 5.34. The topological polar surface area (TPSA) is 52.6 Å². The fraction of sp³-hybridized carbons (Fsp3) is 0.417. The number of carbonyl (C=O) groups excluding carboxylic acids is 1. The van der Waals surface area contributed by atoms with Gasteiger partial charge in [0.05, 0.1) is 6.10 Å². The van der Waals surface area contributed by atoms with Crippen molar-refractivity contribution in [1.82, 2.24) is 4.90 Å². The summed E-state index contributed by atoms with van der Waals surface area (Å²) in [7, 11) is 1.74. The number of nitrogens with one attached hydrogen (secondary N) is 1. The van der Waals surface area contributed by atoms with Crippen LogP contribution in [0.3, 0.4) is 0 Å². The minimum absolute atomic E-state index is 0.132. The highest BCUT2D eigenvalue weighted by molar-refractivity contribution is 5.89. The molecule has 0 aliphatic rings. The molecule has 1 aromatic carbocycles. The summed E-state index contributed by atoms with van der Waals surface area (Å²) >= 11 is 0. The van der Waals surface area contributed by atoms with Gasteiger partial charge in [-0.05, 0) is 31.5 Å². The predicted octanol–water partition coefficient (Wildman–Crippen LogP) is 2.22. The Kier molecular flexibility index (Phi) is 4.31. The number of aliphatic hydroxyl groups is 1. The average molecular weight is 222 g/mol. The maximum atomic E-state index is 11.5. The van der Waals surface area contributed by atoms with E-state index >= 15 is 0 Å². The van der Waals surface area contributed by atoms with Gasteiger partial charge < -0.3 is 15.3 Å². The van der Waals surface area contributed by atoms with Crippen LogP contribution in [0.25, 0.3) is 0 Å². The van der Waals surface area contributed by atoms with Gasteiger partial charge in [-0.2, -0.15) is 0 Å². The van der Waals surface area contributed by atoms with Crippen LogP contribution in [0.2, 0.25) is 0 Å². The summed E-state index contributed by atoms with van der Waals surface area (Å²) in [5, 5.41) is 12.1. The second-order valence-electron chi connectivity index (χ2n) is 3.74. The summed E-state index contributed by atoms with van der Waals surface area (Å²) < 4.78 is 0. The molecule has 0 spiro atoms. The number of rotatable bonds is 3. The summed E-state index contributed by atoms with van der Waals surface area (Å²) in [6.07, 6.45) is -0.483. The van der Waals surface area contributed by atoms with E-state index in [1.165, 1.54) is 0 Å². The van der Waals surface area contributed by atoms with Crippen LogP contribution in [0.4, 0.5) is 10.5 Å². The molecule has 2 amide bonds. The summed E-state index contributed by atoms with van der Waals surface area (Å²) in [6.45, 7) is 4.28. The standard InChI is InChI=1S/C12H18N2O2/c1-4-14(3)12(16)13-11-7-5-10(6-8-11)9(2)15/h5-9,15H,4H2,1-3H3,(H,13,16). The molecule has 4 heteroatoms. The molecule has 4 nitrogen and oxygen atoms in total. The molecule has 1 aromatic rings. The van der Waals surface area contributed by atoms with Crippen molar-refractivity contribution in [2.24, 2.45) is 0 Å². The second-order valence-corrected chi connectivity index (χ2v) is 3.74. The van der Waals surface area contributed by atoms with Crippen LogP contribution in [0.5, 0.6) is 0 Å². The zero-order chi connectivity index (χ0) is 12.1. The number of hydrogen-bond acceptors (Lipinski definition) is 2. The lowest BCUT2D eigenvalue weighted by Gasteiger charge is -2.15. The van der Waals surface area contributed by atoms with E-state index in [4.69, 9.17) is 0 Å². The molecule has 0 heterocycles. The lowest BCUT2D eigenvalue weighted by molar-refractivity contribution is 0.199. The molecule has 0 aromatic heterocycles. The number of carbonyl (C=O) groups is 1. The van der Waals surface area contributed by atoms with Crippen LogP contribution < -0.4 is 5.32 Å². The van der Waals surface area contributed by atoms with Crippen molar-refractivity contribution in [2.75, 3.05) is 18.9 Å². The minimum atomic E-state index is -0.483. The van der Waals surface area contributed by atoms with Crippen LogP contribution in [0, 0.1) is 0 Å². The molecule has 0 saturated heterocycles. The Morgan fingerprint density at radius 2 is 2.00 bits per heavy atom. The fourth-order valence-electron chi connectivity index (χ4n) is 1.21. The van der Waals surface area contributed by atoms with Crippen LogP contribution in [-0.2, 0) is 0 Å².